The van der Waals surface area contributed by atoms with Gasteiger partial charge in [0.2, 0.25) is 0 Å². The predicted octanol–water partition coefficient (Wildman–Crippen LogP) is 3.37. The van der Waals surface area contributed by atoms with Crippen LogP contribution in [0.15, 0.2) is 54.9 Å². The van der Waals surface area contributed by atoms with Crippen molar-refractivity contribution < 1.29 is 14.6 Å². The lowest BCUT2D eigenvalue weighted by atomic mass is 10.1. The molecule has 2 aromatic heterocycles. The number of piperazine rings is 1. The molecular formula is C25H29N5O3. The van der Waals surface area contributed by atoms with Crippen LogP contribution in [0.2, 0.25) is 0 Å². The van der Waals surface area contributed by atoms with Crippen LogP contribution in [0, 0.1) is 0 Å². The highest BCUT2D eigenvalue weighted by Crippen LogP contribution is 2.29. The molecule has 0 aliphatic carbocycles. The van der Waals surface area contributed by atoms with Gasteiger partial charge in [0.1, 0.15) is 17.2 Å². The summed E-state index contributed by atoms with van der Waals surface area (Å²) in [6.07, 6.45) is 3.52. The van der Waals surface area contributed by atoms with Gasteiger partial charge >= 0.3 is 5.97 Å². The number of para-hydroxylation sites is 1. The van der Waals surface area contributed by atoms with Gasteiger partial charge < -0.3 is 14.7 Å². The van der Waals surface area contributed by atoms with Crippen molar-refractivity contribution in [2.75, 3.05) is 37.6 Å². The topological polar surface area (TPSA) is 91.7 Å². The highest BCUT2D eigenvalue weighted by Gasteiger charge is 2.23. The molecule has 0 bridgehead atoms. The van der Waals surface area contributed by atoms with Gasteiger partial charge in [-0.25, -0.2) is 4.98 Å². The Morgan fingerprint density at radius 2 is 1.79 bits per heavy atom. The Kier molecular flexibility index (Phi) is 6.55. The number of rotatable bonds is 5. The van der Waals surface area contributed by atoms with Crippen LogP contribution in [0.25, 0.3) is 22.4 Å². The van der Waals surface area contributed by atoms with E-state index in [1.807, 2.05) is 57.3 Å². The second-order valence-corrected chi connectivity index (χ2v) is 9.10. The fraction of sp³-hybridized carbons (Fsp3) is 0.360. The lowest BCUT2D eigenvalue weighted by Gasteiger charge is -2.35. The maximum Gasteiger partial charge on any atom is 0.320 e. The first kappa shape index (κ1) is 22.7. The van der Waals surface area contributed by atoms with Gasteiger partial charge in [-0.15, -0.1) is 0 Å². The summed E-state index contributed by atoms with van der Waals surface area (Å²) < 4.78 is 5.42. The maximum absolute atomic E-state index is 12.1. The zero-order chi connectivity index (χ0) is 23.4. The largest absolute Gasteiger partial charge is 0.507 e. The van der Waals surface area contributed by atoms with Gasteiger partial charge in [0.15, 0.2) is 0 Å². The molecule has 0 amide bonds. The van der Waals surface area contributed by atoms with Gasteiger partial charge in [0.25, 0.3) is 0 Å². The quantitative estimate of drug-likeness (QED) is 0.595. The second kappa shape index (κ2) is 9.54. The summed E-state index contributed by atoms with van der Waals surface area (Å²) in [4.78, 5) is 21.1. The molecule has 0 unspecified atom stereocenters. The Balaban J connectivity index is 1.38. The van der Waals surface area contributed by atoms with E-state index in [-0.39, 0.29) is 11.7 Å². The molecule has 0 saturated carbocycles. The van der Waals surface area contributed by atoms with Gasteiger partial charge in [-0.2, -0.15) is 10.2 Å². The number of carbonyl (C=O) groups excluding carboxylic acids is 1. The zero-order valence-electron chi connectivity index (χ0n) is 19.2. The molecule has 1 aliphatic rings. The van der Waals surface area contributed by atoms with Crippen LogP contribution in [0.3, 0.4) is 0 Å². The number of aromatic nitrogens is 3. The van der Waals surface area contributed by atoms with Gasteiger partial charge in [-0.3, -0.25) is 9.69 Å². The Bertz CT molecular complexity index is 1100. The number of ether oxygens (including phenoxy) is 1. The minimum absolute atomic E-state index is 0.170. The zero-order valence-corrected chi connectivity index (χ0v) is 19.2. The van der Waals surface area contributed by atoms with Crippen molar-refractivity contribution in [3.8, 4) is 28.1 Å². The van der Waals surface area contributed by atoms with Gasteiger partial charge in [-0.1, -0.05) is 12.1 Å². The van der Waals surface area contributed by atoms with E-state index in [1.54, 1.807) is 18.3 Å². The minimum Gasteiger partial charge on any atom is -0.507 e. The summed E-state index contributed by atoms with van der Waals surface area (Å²) in [5, 5.41) is 18.4. The number of nitrogens with zero attached hydrogens (tertiary/aromatic N) is 5. The lowest BCUT2D eigenvalue weighted by Crippen LogP contribution is -2.48. The number of aromatic hydroxyl groups is 1. The number of phenols is 1. The summed E-state index contributed by atoms with van der Waals surface area (Å²) in [5.74, 6) is 0.884. The first-order valence-electron chi connectivity index (χ1n) is 11.1. The monoisotopic (exact) mass is 447 g/mol. The smallest absolute Gasteiger partial charge is 0.320 e. The molecule has 3 heterocycles. The van der Waals surface area contributed by atoms with Crippen LogP contribution < -0.4 is 4.90 Å². The maximum atomic E-state index is 12.1. The number of phenolic OH excluding ortho intramolecular Hbond substituents is 1. The first-order chi connectivity index (χ1) is 15.8. The van der Waals surface area contributed by atoms with Crippen molar-refractivity contribution >= 4 is 11.8 Å². The van der Waals surface area contributed by atoms with E-state index in [9.17, 15) is 9.90 Å². The van der Waals surface area contributed by atoms with Gasteiger partial charge in [0, 0.05) is 49.1 Å². The molecule has 0 radical (unpaired) electrons. The van der Waals surface area contributed by atoms with E-state index in [0.717, 1.165) is 43.1 Å². The number of hydrogen-bond acceptors (Lipinski definition) is 8. The molecule has 0 atom stereocenters. The highest BCUT2D eigenvalue weighted by molar-refractivity contribution is 5.73. The Morgan fingerprint density at radius 3 is 2.45 bits per heavy atom. The summed E-state index contributed by atoms with van der Waals surface area (Å²) >= 11 is 0. The van der Waals surface area contributed by atoms with Crippen molar-refractivity contribution in [3.05, 3.63) is 54.9 Å². The second-order valence-electron chi connectivity index (χ2n) is 9.10. The molecule has 1 fully saturated rings. The van der Waals surface area contributed by atoms with Crippen LogP contribution in [0.5, 0.6) is 5.75 Å². The third-order valence-corrected chi connectivity index (χ3v) is 5.38. The van der Waals surface area contributed by atoms with E-state index < -0.39 is 5.60 Å². The predicted molar refractivity (Wildman–Crippen MR) is 127 cm³/mol. The molecule has 1 saturated heterocycles. The molecule has 3 aromatic rings. The van der Waals surface area contributed by atoms with Crippen molar-refractivity contribution in [1.82, 2.24) is 20.1 Å². The standard InChI is InChI=1S/C25H29N5O3/c1-25(2,3)33-24(32)17-29-10-12-30(13-11-29)23-9-8-18(15-26-23)19-14-21(28-27-16-19)20-6-4-5-7-22(20)31/h4-9,14-16,31H,10-13,17H2,1-3H3. The fourth-order valence-corrected chi connectivity index (χ4v) is 3.78. The number of hydrogen-bond donors (Lipinski definition) is 1. The molecule has 1 aromatic carbocycles. The third kappa shape index (κ3) is 5.84. The van der Waals surface area contributed by atoms with E-state index in [4.69, 9.17) is 4.74 Å². The molecular weight excluding hydrogens is 418 g/mol. The Hall–Kier alpha value is -3.52. The molecule has 1 N–H and O–H groups in total. The van der Waals surface area contributed by atoms with Crippen molar-refractivity contribution in [2.45, 2.75) is 26.4 Å². The Morgan fingerprint density at radius 1 is 1.03 bits per heavy atom. The van der Waals surface area contributed by atoms with Crippen LogP contribution in [0.1, 0.15) is 20.8 Å². The summed E-state index contributed by atoms with van der Waals surface area (Å²) in [6.45, 7) is 9.10. The normalized spacial score (nSPS) is 14.8. The summed E-state index contributed by atoms with van der Waals surface area (Å²) in [6, 6.07) is 13.0. The average Bonchev–Trinajstić information content (AvgIpc) is 2.79. The SMILES string of the molecule is CC(C)(C)OC(=O)CN1CCN(c2ccc(-c3cnnc(-c4ccccc4O)c3)cn2)CC1. The average molecular weight is 448 g/mol. The summed E-state index contributed by atoms with van der Waals surface area (Å²) in [7, 11) is 0. The van der Waals surface area contributed by atoms with Crippen molar-refractivity contribution in [1.29, 1.82) is 0 Å². The van der Waals surface area contributed by atoms with Gasteiger partial charge in [0.05, 0.1) is 18.4 Å². The highest BCUT2D eigenvalue weighted by atomic mass is 16.6. The third-order valence-electron chi connectivity index (χ3n) is 5.38. The van der Waals surface area contributed by atoms with E-state index in [1.165, 1.54) is 0 Å². The number of esters is 1. The van der Waals surface area contributed by atoms with Crippen molar-refractivity contribution in [2.24, 2.45) is 0 Å². The van der Waals surface area contributed by atoms with Crippen LogP contribution in [-0.4, -0.2) is 69.5 Å². The van der Waals surface area contributed by atoms with E-state index in [2.05, 4.69) is 25.0 Å². The Labute approximate surface area is 193 Å². The van der Waals surface area contributed by atoms with E-state index >= 15 is 0 Å². The fourth-order valence-electron chi connectivity index (χ4n) is 3.78. The molecule has 4 rings (SSSR count). The van der Waals surface area contributed by atoms with Crippen molar-refractivity contribution in [3.63, 3.8) is 0 Å². The number of benzene rings is 1. The summed E-state index contributed by atoms with van der Waals surface area (Å²) in [5.41, 5.74) is 2.59. The number of anilines is 1. The van der Waals surface area contributed by atoms with Crippen LogP contribution in [0.4, 0.5) is 5.82 Å². The van der Waals surface area contributed by atoms with Crippen LogP contribution >= 0.6 is 0 Å². The molecule has 8 heteroatoms. The van der Waals surface area contributed by atoms with E-state index in [0.29, 0.717) is 17.8 Å². The van der Waals surface area contributed by atoms with Gasteiger partial charge in [-0.05, 0) is 51.1 Å². The molecule has 172 valence electrons. The van der Waals surface area contributed by atoms with Crippen LogP contribution in [-0.2, 0) is 9.53 Å². The minimum atomic E-state index is -0.461. The molecule has 1 aliphatic heterocycles. The molecule has 0 spiro atoms. The number of carbonyl (C=O) groups is 1. The molecule has 8 nitrogen and oxygen atoms in total. The lowest BCUT2D eigenvalue weighted by molar-refractivity contribution is -0.156. The first-order valence-corrected chi connectivity index (χ1v) is 11.1. The number of pyridine rings is 1. The molecule has 33 heavy (non-hydrogen) atoms.